The summed E-state index contributed by atoms with van der Waals surface area (Å²) in [6, 6.07) is 13.0. The van der Waals surface area contributed by atoms with Gasteiger partial charge in [0.25, 0.3) is 5.91 Å². The van der Waals surface area contributed by atoms with Crippen molar-refractivity contribution in [3.63, 3.8) is 0 Å². The Hall–Kier alpha value is -2.40. The molecule has 1 saturated heterocycles. The van der Waals surface area contributed by atoms with Crippen molar-refractivity contribution in [3.8, 4) is 5.75 Å². The van der Waals surface area contributed by atoms with E-state index < -0.39 is 0 Å². The molecular formula is C18H20ClN3O2. The number of ether oxygens (including phenoxy) is 1. The van der Waals surface area contributed by atoms with E-state index in [1.54, 1.807) is 25.3 Å². The zero-order chi connectivity index (χ0) is 17.1. The first kappa shape index (κ1) is 16.5. The highest BCUT2D eigenvalue weighted by Gasteiger charge is 2.23. The van der Waals surface area contributed by atoms with E-state index in [0.29, 0.717) is 29.4 Å². The van der Waals surface area contributed by atoms with Gasteiger partial charge in [-0.05, 0) is 42.5 Å². The van der Waals surface area contributed by atoms with Crippen LogP contribution in [-0.4, -0.2) is 44.1 Å². The zero-order valence-electron chi connectivity index (χ0n) is 13.5. The summed E-state index contributed by atoms with van der Waals surface area (Å²) in [7, 11) is 1.65. The minimum atomic E-state index is -0.0679. The Labute approximate surface area is 146 Å². The smallest absolute Gasteiger partial charge is 0.255 e. The molecule has 0 radical (unpaired) electrons. The first-order valence-electron chi connectivity index (χ1n) is 7.82. The van der Waals surface area contributed by atoms with Gasteiger partial charge in [-0.15, -0.1) is 0 Å². The normalized spacial score (nSPS) is 14.6. The lowest BCUT2D eigenvalue weighted by Gasteiger charge is -2.36. The third kappa shape index (κ3) is 3.41. The van der Waals surface area contributed by atoms with Crippen molar-refractivity contribution in [3.05, 3.63) is 53.1 Å². The van der Waals surface area contributed by atoms with Gasteiger partial charge in [0.05, 0.1) is 17.7 Å². The Morgan fingerprint density at radius 1 is 1.08 bits per heavy atom. The summed E-state index contributed by atoms with van der Waals surface area (Å²) in [5.41, 5.74) is 7.91. The van der Waals surface area contributed by atoms with E-state index in [-0.39, 0.29) is 5.91 Å². The Morgan fingerprint density at radius 3 is 2.38 bits per heavy atom. The molecule has 2 aromatic carbocycles. The number of hydrogen-bond acceptors (Lipinski definition) is 4. The second-order valence-electron chi connectivity index (χ2n) is 5.72. The molecule has 1 aliphatic rings. The lowest BCUT2D eigenvalue weighted by Crippen LogP contribution is -2.48. The van der Waals surface area contributed by atoms with Crippen molar-refractivity contribution >= 4 is 28.9 Å². The van der Waals surface area contributed by atoms with Crippen LogP contribution >= 0.6 is 11.6 Å². The van der Waals surface area contributed by atoms with E-state index in [9.17, 15) is 4.79 Å². The molecular weight excluding hydrogens is 326 g/mol. The van der Waals surface area contributed by atoms with Crippen LogP contribution in [0.2, 0.25) is 5.02 Å². The fourth-order valence-corrected chi connectivity index (χ4v) is 3.04. The summed E-state index contributed by atoms with van der Waals surface area (Å²) in [6.07, 6.45) is 0. The molecule has 2 N–H and O–H groups in total. The summed E-state index contributed by atoms with van der Waals surface area (Å²) >= 11 is 6.14. The number of nitrogens with two attached hydrogens (primary N) is 1. The molecule has 0 atom stereocenters. The van der Waals surface area contributed by atoms with E-state index in [0.717, 1.165) is 24.5 Å². The van der Waals surface area contributed by atoms with Crippen molar-refractivity contribution in [2.45, 2.75) is 0 Å². The number of nitrogen functional groups attached to an aromatic ring is 1. The van der Waals surface area contributed by atoms with Crippen LogP contribution in [0, 0.1) is 0 Å². The third-order valence-corrected chi connectivity index (χ3v) is 4.55. The third-order valence-electron chi connectivity index (χ3n) is 4.23. The monoisotopic (exact) mass is 345 g/mol. The molecule has 0 saturated carbocycles. The van der Waals surface area contributed by atoms with Crippen LogP contribution in [0.4, 0.5) is 11.4 Å². The minimum absolute atomic E-state index is 0.0679. The number of hydrogen-bond donors (Lipinski definition) is 1. The summed E-state index contributed by atoms with van der Waals surface area (Å²) in [4.78, 5) is 16.7. The van der Waals surface area contributed by atoms with Crippen LogP contribution in [0.25, 0.3) is 0 Å². The summed E-state index contributed by atoms with van der Waals surface area (Å²) in [5, 5.41) is 0.437. The Morgan fingerprint density at radius 2 is 1.75 bits per heavy atom. The van der Waals surface area contributed by atoms with Gasteiger partial charge in [0.2, 0.25) is 0 Å². The lowest BCUT2D eigenvalue weighted by molar-refractivity contribution is 0.0747. The highest BCUT2D eigenvalue weighted by molar-refractivity contribution is 6.34. The van der Waals surface area contributed by atoms with Crippen molar-refractivity contribution in [2.75, 3.05) is 43.9 Å². The maximum absolute atomic E-state index is 12.7. The van der Waals surface area contributed by atoms with Crippen LogP contribution in [0.15, 0.2) is 42.5 Å². The van der Waals surface area contributed by atoms with Gasteiger partial charge < -0.3 is 20.3 Å². The van der Waals surface area contributed by atoms with Gasteiger partial charge >= 0.3 is 0 Å². The SMILES string of the molecule is COc1ccc(N2CCN(C(=O)c3cc(N)ccc3Cl)CC2)cc1. The molecule has 0 spiro atoms. The molecule has 1 fully saturated rings. The van der Waals surface area contributed by atoms with Crippen LogP contribution in [0.5, 0.6) is 5.75 Å². The Kier molecular flexibility index (Phi) is 4.81. The number of carbonyl (C=O) groups excluding carboxylic acids is 1. The molecule has 5 nitrogen and oxygen atoms in total. The average molecular weight is 346 g/mol. The second-order valence-corrected chi connectivity index (χ2v) is 6.12. The molecule has 2 aromatic rings. The van der Waals surface area contributed by atoms with E-state index in [2.05, 4.69) is 4.90 Å². The quantitative estimate of drug-likeness (QED) is 0.869. The van der Waals surface area contributed by atoms with Crippen molar-refractivity contribution in [1.29, 1.82) is 0 Å². The van der Waals surface area contributed by atoms with Gasteiger partial charge in [-0.1, -0.05) is 11.6 Å². The molecule has 0 bridgehead atoms. The first-order valence-corrected chi connectivity index (χ1v) is 8.19. The van der Waals surface area contributed by atoms with Gasteiger partial charge in [-0.2, -0.15) is 0 Å². The number of methoxy groups -OCH3 is 1. The highest BCUT2D eigenvalue weighted by Crippen LogP contribution is 2.23. The van der Waals surface area contributed by atoms with Gasteiger partial charge in [-0.3, -0.25) is 4.79 Å². The van der Waals surface area contributed by atoms with Gasteiger partial charge in [0, 0.05) is 37.6 Å². The molecule has 6 heteroatoms. The Balaban J connectivity index is 1.65. The molecule has 0 aliphatic carbocycles. The van der Waals surface area contributed by atoms with Crippen molar-refractivity contribution in [1.82, 2.24) is 4.90 Å². The molecule has 126 valence electrons. The van der Waals surface area contributed by atoms with E-state index in [1.807, 2.05) is 29.2 Å². The largest absolute Gasteiger partial charge is 0.497 e. The number of halogens is 1. The number of amides is 1. The average Bonchev–Trinajstić information content (AvgIpc) is 2.63. The molecule has 3 rings (SSSR count). The first-order chi connectivity index (χ1) is 11.6. The molecule has 0 unspecified atom stereocenters. The number of benzene rings is 2. The van der Waals surface area contributed by atoms with Crippen LogP contribution in [0.1, 0.15) is 10.4 Å². The topological polar surface area (TPSA) is 58.8 Å². The minimum Gasteiger partial charge on any atom is -0.497 e. The van der Waals surface area contributed by atoms with E-state index in [4.69, 9.17) is 22.1 Å². The highest BCUT2D eigenvalue weighted by atomic mass is 35.5. The van der Waals surface area contributed by atoms with E-state index in [1.165, 1.54) is 0 Å². The lowest BCUT2D eigenvalue weighted by atomic mass is 10.1. The van der Waals surface area contributed by atoms with Crippen LogP contribution in [-0.2, 0) is 0 Å². The number of piperazine rings is 1. The standard InChI is InChI=1S/C18H20ClN3O2/c1-24-15-5-3-14(4-6-15)21-8-10-22(11-9-21)18(23)16-12-13(20)2-7-17(16)19/h2-7,12H,8-11,20H2,1H3. The predicted molar refractivity (Wildman–Crippen MR) is 97.0 cm³/mol. The molecule has 1 heterocycles. The second kappa shape index (κ2) is 7.01. The molecule has 0 aromatic heterocycles. The van der Waals surface area contributed by atoms with Crippen molar-refractivity contribution < 1.29 is 9.53 Å². The number of nitrogens with zero attached hydrogens (tertiary/aromatic N) is 2. The maximum Gasteiger partial charge on any atom is 0.255 e. The number of rotatable bonds is 3. The van der Waals surface area contributed by atoms with Crippen LogP contribution in [0.3, 0.4) is 0 Å². The van der Waals surface area contributed by atoms with Crippen molar-refractivity contribution in [2.24, 2.45) is 0 Å². The van der Waals surface area contributed by atoms with Gasteiger partial charge in [0.15, 0.2) is 0 Å². The number of anilines is 2. The number of carbonyl (C=O) groups is 1. The van der Waals surface area contributed by atoms with Gasteiger partial charge in [0.1, 0.15) is 5.75 Å². The predicted octanol–water partition coefficient (Wildman–Crippen LogP) is 2.89. The molecule has 24 heavy (non-hydrogen) atoms. The maximum atomic E-state index is 12.7. The molecule has 1 aliphatic heterocycles. The fourth-order valence-electron chi connectivity index (χ4n) is 2.84. The van der Waals surface area contributed by atoms with E-state index >= 15 is 0 Å². The fraction of sp³-hybridized carbons (Fsp3) is 0.278. The zero-order valence-corrected chi connectivity index (χ0v) is 14.3. The summed E-state index contributed by atoms with van der Waals surface area (Å²) in [6.45, 7) is 2.85. The summed E-state index contributed by atoms with van der Waals surface area (Å²) in [5.74, 6) is 0.769. The molecule has 1 amide bonds. The van der Waals surface area contributed by atoms with Gasteiger partial charge in [-0.25, -0.2) is 0 Å². The summed E-state index contributed by atoms with van der Waals surface area (Å²) < 4.78 is 5.18. The van der Waals surface area contributed by atoms with Crippen LogP contribution < -0.4 is 15.4 Å². The Bertz CT molecular complexity index is 726.